The first kappa shape index (κ1) is 32.0. The minimum atomic E-state index is -0.860. The van der Waals surface area contributed by atoms with Crippen LogP contribution in [0.25, 0.3) is 0 Å². The molecule has 0 amide bonds. The zero-order valence-corrected chi connectivity index (χ0v) is 25.8. The monoisotopic (exact) mass is 546 g/mol. The summed E-state index contributed by atoms with van der Waals surface area (Å²) in [6.07, 6.45) is 3.02. The van der Waals surface area contributed by atoms with Crippen LogP contribution in [0.5, 0.6) is 0 Å². The van der Waals surface area contributed by atoms with Gasteiger partial charge in [-0.25, -0.2) is 0 Å². The van der Waals surface area contributed by atoms with Crippen LogP contribution in [0.4, 0.5) is 0 Å². The van der Waals surface area contributed by atoms with Gasteiger partial charge in [0.2, 0.25) is 0 Å². The normalized spacial score (nSPS) is 44.2. The van der Waals surface area contributed by atoms with Gasteiger partial charge in [0.05, 0.1) is 0 Å². The summed E-state index contributed by atoms with van der Waals surface area (Å²) in [4.78, 5) is 15.4. The van der Waals surface area contributed by atoms with E-state index in [2.05, 4.69) is 77.5 Å². The molecule has 7 heteroatoms. The van der Waals surface area contributed by atoms with Crippen molar-refractivity contribution in [3.05, 3.63) is 0 Å². The quantitative estimate of drug-likeness (QED) is 0.509. The van der Waals surface area contributed by atoms with Gasteiger partial charge >= 0.3 is 230 Å². The van der Waals surface area contributed by atoms with Gasteiger partial charge < -0.3 is 0 Å². The number of carbonyl (C=O) groups excluding carboxylic acids is 1. The molecule has 6 nitrogen and oxygen atoms in total. The summed E-state index contributed by atoms with van der Waals surface area (Å²) in [5.74, 6) is 0.0749. The summed E-state index contributed by atoms with van der Waals surface area (Å²) in [5, 5.41) is 11.4. The number of aliphatic hydroxyl groups excluding tert-OH is 1. The number of hydrogen-bond donors (Lipinski definition) is 1. The Kier molecular flexibility index (Phi) is 12.6. The Morgan fingerprint density at radius 3 is 2.11 bits per heavy atom. The Hall–Kier alpha value is -0.236. The zero-order chi connectivity index (χ0) is 27.3. The van der Waals surface area contributed by atoms with Gasteiger partial charge in [0, 0.05) is 0 Å². The van der Waals surface area contributed by atoms with Crippen molar-refractivity contribution in [3.63, 3.8) is 0 Å². The second kappa shape index (κ2) is 14.2. The second-order valence-corrected chi connectivity index (χ2v) is 13.0. The van der Waals surface area contributed by atoms with Gasteiger partial charge in [0.1, 0.15) is 0 Å². The van der Waals surface area contributed by atoms with Gasteiger partial charge in [-0.15, -0.1) is 0 Å². The summed E-state index contributed by atoms with van der Waals surface area (Å²) in [5.41, 5.74) is 0. The van der Waals surface area contributed by atoms with E-state index >= 15 is 0 Å². The molecular formula is C29H53NO5V. The molecule has 2 heterocycles. The van der Waals surface area contributed by atoms with Crippen molar-refractivity contribution in [3.8, 4) is 0 Å². The summed E-state index contributed by atoms with van der Waals surface area (Å²) in [6.45, 7) is 17.0. The van der Waals surface area contributed by atoms with Crippen LogP contribution in [0.1, 0.15) is 87.5 Å². The molecule has 0 spiro atoms. The van der Waals surface area contributed by atoms with Crippen LogP contribution in [0.15, 0.2) is 0 Å². The van der Waals surface area contributed by atoms with E-state index < -0.39 is 12.0 Å². The average molecular weight is 547 g/mol. The van der Waals surface area contributed by atoms with E-state index in [-0.39, 0.29) is 48.3 Å². The first-order valence-corrected chi connectivity index (χ1v) is 14.9. The number of nitrogens with zero attached hydrogens (tertiary/aromatic N) is 1. The van der Waals surface area contributed by atoms with Crippen LogP contribution < -0.4 is 0 Å². The van der Waals surface area contributed by atoms with Crippen molar-refractivity contribution in [1.29, 1.82) is 0 Å². The van der Waals surface area contributed by atoms with Gasteiger partial charge in [-0.2, -0.15) is 0 Å². The Morgan fingerprint density at radius 1 is 0.972 bits per heavy atom. The van der Waals surface area contributed by atoms with Gasteiger partial charge in [0.15, 0.2) is 0 Å². The molecule has 209 valence electrons. The summed E-state index contributed by atoms with van der Waals surface area (Å²) < 4.78 is 20.4. The van der Waals surface area contributed by atoms with Crippen molar-refractivity contribution < 1.29 is 41.1 Å². The molecule has 12 atom stereocenters. The van der Waals surface area contributed by atoms with E-state index in [0.717, 1.165) is 32.1 Å². The Morgan fingerprint density at radius 2 is 1.56 bits per heavy atom. The molecule has 0 aromatic rings. The van der Waals surface area contributed by atoms with Gasteiger partial charge in [-0.3, -0.25) is 0 Å². The van der Waals surface area contributed by atoms with Crippen LogP contribution >= 0.6 is 0 Å². The molecule has 0 radical (unpaired) electrons. The first-order valence-electron chi connectivity index (χ1n) is 14.2. The molecule has 1 N–H and O–H groups in total. The van der Waals surface area contributed by atoms with E-state index in [1.54, 1.807) is 6.92 Å². The predicted molar refractivity (Wildman–Crippen MR) is 141 cm³/mol. The van der Waals surface area contributed by atoms with Crippen LogP contribution in [-0.4, -0.2) is 71.0 Å². The SMILES string of the molecule is CCC1OC(=O)C(C)C(O)C(C)[C@@H](OC2CC(N(C)C)CC(C)O2)C(C)C[C@@H](C)[C](=[V])[C@H](C)C[C@H]1C. The molecule has 2 saturated heterocycles. The molecule has 36 heavy (non-hydrogen) atoms. The van der Waals surface area contributed by atoms with Crippen molar-refractivity contribution in [2.24, 2.45) is 35.5 Å². The molecule has 2 aliphatic rings. The van der Waals surface area contributed by atoms with E-state index in [0.29, 0.717) is 17.9 Å². The first-order chi connectivity index (χ1) is 16.8. The fraction of sp³-hybridized carbons (Fsp3) is 0.931. The van der Waals surface area contributed by atoms with E-state index in [4.69, 9.17) is 14.2 Å². The Balaban J connectivity index is 2.35. The summed E-state index contributed by atoms with van der Waals surface area (Å²) >= 11 is 2.83. The molecule has 0 aromatic carbocycles. The van der Waals surface area contributed by atoms with Crippen molar-refractivity contribution >= 4 is 10.2 Å². The third kappa shape index (κ3) is 8.38. The second-order valence-electron chi connectivity index (χ2n) is 12.2. The van der Waals surface area contributed by atoms with Crippen LogP contribution in [0.2, 0.25) is 0 Å². The molecule has 2 aliphatic heterocycles. The molecule has 0 bridgehead atoms. The number of esters is 1. The maximum atomic E-state index is 13.1. The molecular weight excluding hydrogens is 493 g/mol. The zero-order valence-electron chi connectivity index (χ0n) is 24.4. The molecule has 8 unspecified atom stereocenters. The number of aliphatic hydroxyl groups is 1. The van der Waals surface area contributed by atoms with Crippen LogP contribution in [-0.2, 0) is 36.0 Å². The Labute approximate surface area is 229 Å². The molecule has 2 fully saturated rings. The fourth-order valence-corrected chi connectivity index (χ4v) is 6.64. The Bertz CT molecular complexity index is 718. The topological polar surface area (TPSA) is 68.2 Å². The number of rotatable bonds is 4. The van der Waals surface area contributed by atoms with Gasteiger partial charge in [0.25, 0.3) is 0 Å². The average Bonchev–Trinajstić information content (AvgIpc) is 2.82. The summed E-state index contributed by atoms with van der Waals surface area (Å²) in [7, 11) is 4.21. The standard InChI is InChI=1S/C29H53NO5.V/c1-11-25-19(4)13-17(2)12-18(3)14-20(5)28(22(7)27(31)23(8)29(32)34-25)35-26-16-24(30(9)10)15-21(6)33-26;/h17-28,31H,11,13-16H2,1-10H3;/t17-,18-,19+,20?,21?,22?,23?,24?,25?,26?,27?,28-;/m0./s1. The molecule has 2 rings (SSSR count). The van der Waals surface area contributed by atoms with Gasteiger partial charge in [-0.05, 0) is 0 Å². The molecule has 0 aromatic heterocycles. The fourth-order valence-electron chi connectivity index (χ4n) is 6.31. The van der Waals surface area contributed by atoms with Crippen molar-refractivity contribution in [2.75, 3.05) is 14.1 Å². The predicted octanol–water partition coefficient (Wildman–Crippen LogP) is 4.84. The number of cyclic esters (lactones) is 1. The molecule has 0 aliphatic carbocycles. The molecule has 0 saturated carbocycles. The van der Waals surface area contributed by atoms with E-state index in [1.807, 2.05) is 6.92 Å². The third-order valence-corrected chi connectivity index (χ3v) is 10.1. The van der Waals surface area contributed by atoms with Gasteiger partial charge in [-0.1, -0.05) is 0 Å². The number of carbonyl (C=O) groups is 1. The number of ether oxygens (including phenoxy) is 3. The van der Waals surface area contributed by atoms with E-state index in [9.17, 15) is 9.90 Å². The maximum absolute atomic E-state index is 13.1. The van der Waals surface area contributed by atoms with Crippen LogP contribution in [0.3, 0.4) is 0 Å². The minimum absolute atomic E-state index is 0.111. The van der Waals surface area contributed by atoms with Crippen molar-refractivity contribution in [2.45, 2.75) is 124 Å². The third-order valence-electron chi connectivity index (χ3n) is 8.76. The summed E-state index contributed by atoms with van der Waals surface area (Å²) in [6, 6.07) is 0.391. The van der Waals surface area contributed by atoms with Crippen LogP contribution in [0, 0.1) is 35.5 Å². The van der Waals surface area contributed by atoms with Crippen molar-refractivity contribution in [1.82, 2.24) is 4.90 Å². The number of hydrogen-bond acceptors (Lipinski definition) is 6. The van der Waals surface area contributed by atoms with E-state index in [1.165, 1.54) is 4.23 Å².